The zero-order valence-electron chi connectivity index (χ0n) is 13.3. The van der Waals surface area contributed by atoms with E-state index in [1.807, 2.05) is 34.9 Å². The lowest BCUT2D eigenvalue weighted by Crippen LogP contribution is -2.09. The van der Waals surface area contributed by atoms with E-state index in [1.165, 1.54) is 11.8 Å². The van der Waals surface area contributed by atoms with Gasteiger partial charge in [-0.1, -0.05) is 61.5 Å². The Balaban J connectivity index is 2.06. The number of allylic oxidation sites excluding steroid dienone is 1. The van der Waals surface area contributed by atoms with E-state index in [-0.39, 0.29) is 11.7 Å². The van der Waals surface area contributed by atoms with Gasteiger partial charge in [-0.15, -0.1) is 16.8 Å². The molecule has 1 heterocycles. The van der Waals surface area contributed by atoms with Gasteiger partial charge in [0, 0.05) is 12.1 Å². The second-order valence-corrected chi connectivity index (χ2v) is 5.88. The van der Waals surface area contributed by atoms with Gasteiger partial charge in [-0.2, -0.15) is 0 Å². The molecule has 0 radical (unpaired) electrons. The van der Waals surface area contributed by atoms with Gasteiger partial charge < -0.3 is 4.74 Å². The van der Waals surface area contributed by atoms with Crippen molar-refractivity contribution in [1.82, 2.24) is 14.8 Å². The van der Waals surface area contributed by atoms with Gasteiger partial charge in [0.05, 0.1) is 12.4 Å². The van der Waals surface area contributed by atoms with E-state index in [0.29, 0.717) is 18.3 Å². The maximum Gasteiger partial charge on any atom is 0.316 e. The van der Waals surface area contributed by atoms with Crippen LogP contribution in [-0.4, -0.2) is 33.1 Å². The minimum Gasteiger partial charge on any atom is -0.465 e. The van der Waals surface area contributed by atoms with Crippen molar-refractivity contribution in [3.63, 3.8) is 0 Å². The molecule has 0 spiro atoms. The molecule has 2 rings (SSSR count). The number of hydrogen-bond acceptors (Lipinski definition) is 5. The molecule has 0 fully saturated rings. The number of aromatic nitrogens is 3. The summed E-state index contributed by atoms with van der Waals surface area (Å²) in [5.74, 6) is 0.776. The molecule has 0 bridgehead atoms. The zero-order chi connectivity index (χ0) is 16.5. The number of rotatable bonds is 9. The molecule has 0 atom stereocenters. The van der Waals surface area contributed by atoms with E-state index in [4.69, 9.17) is 4.74 Å². The molecule has 122 valence electrons. The highest BCUT2D eigenvalue weighted by Crippen LogP contribution is 2.24. The zero-order valence-corrected chi connectivity index (χ0v) is 14.1. The molecule has 0 saturated carbocycles. The monoisotopic (exact) mass is 331 g/mol. The fourth-order valence-corrected chi connectivity index (χ4v) is 2.73. The van der Waals surface area contributed by atoms with Gasteiger partial charge in [-0.25, -0.2) is 0 Å². The van der Waals surface area contributed by atoms with Crippen molar-refractivity contribution in [3.05, 3.63) is 43.0 Å². The van der Waals surface area contributed by atoms with Crippen LogP contribution >= 0.6 is 11.8 Å². The first-order valence-electron chi connectivity index (χ1n) is 7.64. The Bertz CT molecular complexity index is 641. The number of benzene rings is 1. The lowest BCUT2D eigenvalue weighted by atomic mass is 10.2. The first-order valence-corrected chi connectivity index (χ1v) is 8.62. The van der Waals surface area contributed by atoms with Gasteiger partial charge in [0.15, 0.2) is 11.0 Å². The van der Waals surface area contributed by atoms with Crippen molar-refractivity contribution in [2.24, 2.45) is 0 Å². The summed E-state index contributed by atoms with van der Waals surface area (Å²) in [5.41, 5.74) is 0.985. The summed E-state index contributed by atoms with van der Waals surface area (Å²) in [6, 6.07) is 9.84. The molecule has 6 heteroatoms. The SMILES string of the molecule is C=CCn1c(SCC(=O)OCCCC)nnc1-c1ccccc1. The Kier molecular flexibility index (Phi) is 6.87. The quantitative estimate of drug-likeness (QED) is 0.304. The Morgan fingerprint density at radius 2 is 2.13 bits per heavy atom. The predicted molar refractivity (Wildman–Crippen MR) is 92.2 cm³/mol. The standard InChI is InChI=1S/C17H21N3O2S/c1-3-5-12-22-15(21)13-23-17-19-18-16(20(17)11-4-2)14-9-7-6-8-10-14/h4,6-10H,2-3,5,11-13H2,1H3. The first-order chi connectivity index (χ1) is 11.3. The molecule has 0 aliphatic rings. The van der Waals surface area contributed by atoms with Crippen molar-refractivity contribution in [2.45, 2.75) is 31.5 Å². The molecule has 0 saturated heterocycles. The number of nitrogens with zero attached hydrogens (tertiary/aromatic N) is 3. The number of esters is 1. The summed E-state index contributed by atoms with van der Waals surface area (Å²) < 4.78 is 7.11. The largest absolute Gasteiger partial charge is 0.465 e. The molecule has 1 aromatic carbocycles. The summed E-state index contributed by atoms with van der Waals surface area (Å²) in [6.45, 7) is 6.90. The minimum absolute atomic E-state index is 0.224. The smallest absolute Gasteiger partial charge is 0.316 e. The van der Waals surface area contributed by atoms with Crippen LogP contribution in [0.4, 0.5) is 0 Å². The predicted octanol–water partition coefficient (Wildman–Crippen LogP) is 3.57. The fourth-order valence-electron chi connectivity index (χ4n) is 1.99. The van der Waals surface area contributed by atoms with Crippen molar-refractivity contribution in [3.8, 4) is 11.4 Å². The van der Waals surface area contributed by atoms with Gasteiger partial charge in [0.2, 0.25) is 0 Å². The van der Waals surface area contributed by atoms with E-state index < -0.39 is 0 Å². The number of ether oxygens (including phenoxy) is 1. The van der Waals surface area contributed by atoms with Crippen molar-refractivity contribution in [1.29, 1.82) is 0 Å². The Hall–Kier alpha value is -2.08. The highest BCUT2D eigenvalue weighted by molar-refractivity contribution is 7.99. The van der Waals surface area contributed by atoms with Gasteiger partial charge in [0.1, 0.15) is 0 Å². The van der Waals surface area contributed by atoms with Crippen molar-refractivity contribution < 1.29 is 9.53 Å². The number of unbranched alkanes of at least 4 members (excludes halogenated alkanes) is 1. The van der Waals surface area contributed by atoms with Crippen LogP contribution in [0.25, 0.3) is 11.4 Å². The van der Waals surface area contributed by atoms with Crippen LogP contribution in [0, 0.1) is 0 Å². The molecule has 1 aromatic heterocycles. The Morgan fingerprint density at radius 1 is 1.35 bits per heavy atom. The molecular weight excluding hydrogens is 310 g/mol. The normalized spacial score (nSPS) is 10.5. The molecule has 23 heavy (non-hydrogen) atoms. The maximum absolute atomic E-state index is 11.7. The van der Waals surface area contributed by atoms with Crippen LogP contribution in [0.5, 0.6) is 0 Å². The van der Waals surface area contributed by atoms with Crippen molar-refractivity contribution >= 4 is 17.7 Å². The van der Waals surface area contributed by atoms with Gasteiger partial charge >= 0.3 is 5.97 Å². The Morgan fingerprint density at radius 3 is 2.83 bits per heavy atom. The second kappa shape index (κ2) is 9.15. The topological polar surface area (TPSA) is 57.0 Å². The summed E-state index contributed by atoms with van der Waals surface area (Å²) in [5, 5.41) is 9.14. The third-order valence-corrected chi connectivity index (χ3v) is 4.08. The maximum atomic E-state index is 11.7. The lowest BCUT2D eigenvalue weighted by Gasteiger charge is -2.07. The third kappa shape index (κ3) is 4.96. The first kappa shape index (κ1) is 17.3. The van der Waals surface area contributed by atoms with Crippen LogP contribution in [0.3, 0.4) is 0 Å². The van der Waals surface area contributed by atoms with Crippen LogP contribution in [0.2, 0.25) is 0 Å². The van der Waals surface area contributed by atoms with Crippen LogP contribution < -0.4 is 0 Å². The molecule has 5 nitrogen and oxygen atoms in total. The van der Waals surface area contributed by atoms with Gasteiger partial charge in [0.25, 0.3) is 0 Å². The van der Waals surface area contributed by atoms with E-state index in [1.54, 1.807) is 6.08 Å². The third-order valence-electron chi connectivity index (χ3n) is 3.14. The number of carbonyl (C=O) groups excluding carboxylic acids is 1. The van der Waals surface area contributed by atoms with E-state index in [0.717, 1.165) is 24.2 Å². The average molecular weight is 331 g/mol. The number of carbonyl (C=O) groups is 1. The van der Waals surface area contributed by atoms with Gasteiger partial charge in [-0.3, -0.25) is 9.36 Å². The van der Waals surface area contributed by atoms with E-state index >= 15 is 0 Å². The number of thioether (sulfide) groups is 1. The molecule has 2 aromatic rings. The highest BCUT2D eigenvalue weighted by Gasteiger charge is 2.15. The fraction of sp³-hybridized carbons (Fsp3) is 0.353. The van der Waals surface area contributed by atoms with E-state index in [2.05, 4.69) is 23.7 Å². The second-order valence-electron chi connectivity index (χ2n) is 4.93. The minimum atomic E-state index is -0.224. The number of hydrogen-bond donors (Lipinski definition) is 0. The van der Waals surface area contributed by atoms with Crippen LogP contribution in [-0.2, 0) is 16.1 Å². The van der Waals surface area contributed by atoms with Crippen LogP contribution in [0.15, 0.2) is 48.1 Å². The summed E-state index contributed by atoms with van der Waals surface area (Å²) in [4.78, 5) is 11.7. The molecule has 0 aliphatic carbocycles. The van der Waals surface area contributed by atoms with Crippen LogP contribution in [0.1, 0.15) is 19.8 Å². The molecule has 0 aliphatic heterocycles. The summed E-state index contributed by atoms with van der Waals surface area (Å²) in [6.07, 6.45) is 3.69. The molecular formula is C17H21N3O2S. The van der Waals surface area contributed by atoms with Crippen molar-refractivity contribution in [2.75, 3.05) is 12.4 Å². The summed E-state index contributed by atoms with van der Waals surface area (Å²) in [7, 11) is 0. The average Bonchev–Trinajstić information content (AvgIpc) is 2.97. The van der Waals surface area contributed by atoms with Gasteiger partial charge in [-0.05, 0) is 6.42 Å². The Labute approximate surface area is 140 Å². The lowest BCUT2D eigenvalue weighted by molar-refractivity contribution is -0.140. The van der Waals surface area contributed by atoms with E-state index in [9.17, 15) is 4.79 Å². The molecule has 0 N–H and O–H groups in total. The molecule has 0 unspecified atom stereocenters. The summed E-state index contributed by atoms with van der Waals surface area (Å²) >= 11 is 1.34. The highest BCUT2D eigenvalue weighted by atomic mass is 32.2. The molecule has 0 amide bonds.